The van der Waals surface area contributed by atoms with E-state index in [0.717, 1.165) is 13.5 Å². The first kappa shape index (κ1) is 21.7. The molecule has 1 heterocycles. The van der Waals surface area contributed by atoms with E-state index in [4.69, 9.17) is 20.1 Å². The molecule has 0 unspecified atom stereocenters. The number of aryl methyl sites for hydroxylation is 2. The zero-order valence-corrected chi connectivity index (χ0v) is 13.1. The van der Waals surface area contributed by atoms with Crippen LogP contribution in [0.4, 0.5) is 0 Å². The second kappa shape index (κ2) is 12.1. The molecule has 0 spiro atoms. The van der Waals surface area contributed by atoms with E-state index in [0.29, 0.717) is 6.08 Å². The minimum atomic E-state index is -1.24. The molecule has 0 radical (unpaired) electrons. The molecule has 0 saturated heterocycles. The van der Waals surface area contributed by atoms with Crippen LogP contribution in [0, 0.1) is 0 Å². The highest BCUT2D eigenvalue weighted by Crippen LogP contribution is 1.89. The molecule has 0 amide bonds. The molecule has 0 fully saturated rings. The van der Waals surface area contributed by atoms with E-state index in [-0.39, 0.29) is 5.57 Å². The molecule has 0 aliphatic heterocycles. The zero-order chi connectivity index (χ0) is 17.7. The van der Waals surface area contributed by atoms with E-state index in [9.17, 15) is 9.59 Å². The molecule has 0 aliphatic carbocycles. The summed E-state index contributed by atoms with van der Waals surface area (Å²) in [6.07, 6.45) is 8.07. The molecule has 8 heteroatoms. The van der Waals surface area contributed by atoms with E-state index < -0.39 is 17.9 Å². The summed E-state index contributed by atoms with van der Waals surface area (Å²) in [6.45, 7) is 5.50. The number of rotatable bonds is 4. The smallest absolute Gasteiger partial charge is 0.331 e. The predicted octanol–water partition coefficient (Wildman–Crippen LogP) is -0.419. The van der Waals surface area contributed by atoms with Crippen LogP contribution in [0.5, 0.6) is 0 Å². The molecule has 0 atom stereocenters. The molecule has 2 N–H and O–H groups in total. The number of imidazole rings is 1. The van der Waals surface area contributed by atoms with Gasteiger partial charge in [0.2, 0.25) is 6.33 Å². The minimum Gasteiger partial charge on any atom is -0.550 e. The van der Waals surface area contributed by atoms with Gasteiger partial charge in [-0.25, -0.2) is 18.7 Å². The van der Waals surface area contributed by atoms with Crippen molar-refractivity contribution in [2.75, 3.05) is 0 Å². The molecule has 0 aliphatic rings. The summed E-state index contributed by atoms with van der Waals surface area (Å²) in [5, 5.41) is 25.0. The Morgan fingerprint density at radius 1 is 1.27 bits per heavy atom. The van der Waals surface area contributed by atoms with Gasteiger partial charge in [0.15, 0.2) is 0 Å². The van der Waals surface area contributed by atoms with Crippen molar-refractivity contribution in [3.05, 3.63) is 30.4 Å². The summed E-state index contributed by atoms with van der Waals surface area (Å²) in [4.78, 5) is 28.6. The number of nitrogens with zero attached hydrogens (tertiary/aromatic N) is 2. The van der Waals surface area contributed by atoms with Gasteiger partial charge in [-0.05, 0) is 20.3 Å². The van der Waals surface area contributed by atoms with Crippen LogP contribution in [0.15, 0.2) is 30.4 Å². The van der Waals surface area contributed by atoms with Crippen LogP contribution in [0.1, 0.15) is 27.2 Å². The monoisotopic (exact) mass is 314 g/mol. The first-order valence-electron chi connectivity index (χ1n) is 6.43. The number of aliphatic carboxylic acids is 3. The average Bonchev–Trinajstić information content (AvgIpc) is 2.74. The fourth-order valence-corrected chi connectivity index (χ4v) is 1.14. The Kier molecular flexibility index (Phi) is 11.9. The first-order valence-corrected chi connectivity index (χ1v) is 6.43. The van der Waals surface area contributed by atoms with Crippen LogP contribution >= 0.6 is 0 Å². The molecular formula is C14H22N2O6. The number of carboxylic acid groups (broad SMARTS) is 3. The van der Waals surface area contributed by atoms with Crippen molar-refractivity contribution in [2.24, 2.45) is 7.05 Å². The predicted molar refractivity (Wildman–Crippen MR) is 75.6 cm³/mol. The maximum atomic E-state index is 9.90. The number of carboxylic acids is 3. The minimum absolute atomic E-state index is 0.178. The Morgan fingerprint density at radius 3 is 2.00 bits per heavy atom. The van der Waals surface area contributed by atoms with E-state index in [1.807, 2.05) is 7.05 Å². The third kappa shape index (κ3) is 15.4. The third-order valence-electron chi connectivity index (χ3n) is 1.98. The highest BCUT2D eigenvalue weighted by atomic mass is 16.4. The summed E-state index contributed by atoms with van der Waals surface area (Å²) < 4.78 is 4.23. The van der Waals surface area contributed by atoms with Gasteiger partial charge in [0.1, 0.15) is 12.4 Å². The van der Waals surface area contributed by atoms with Crippen molar-refractivity contribution in [1.29, 1.82) is 0 Å². The van der Waals surface area contributed by atoms with E-state index in [2.05, 4.69) is 34.8 Å². The van der Waals surface area contributed by atoms with Crippen LogP contribution < -0.4 is 9.67 Å². The number of aromatic nitrogens is 2. The lowest BCUT2D eigenvalue weighted by Crippen LogP contribution is -2.23. The largest absolute Gasteiger partial charge is 0.550 e. The van der Waals surface area contributed by atoms with Gasteiger partial charge in [-0.15, -0.1) is 0 Å². The second-order valence-corrected chi connectivity index (χ2v) is 4.28. The van der Waals surface area contributed by atoms with Crippen LogP contribution in [-0.2, 0) is 28.0 Å². The summed E-state index contributed by atoms with van der Waals surface area (Å²) in [7, 11) is 2.03. The number of hydrogen-bond acceptors (Lipinski definition) is 4. The molecule has 22 heavy (non-hydrogen) atoms. The van der Waals surface area contributed by atoms with Crippen molar-refractivity contribution in [1.82, 2.24) is 4.57 Å². The molecule has 0 saturated carbocycles. The van der Waals surface area contributed by atoms with Gasteiger partial charge in [0.25, 0.3) is 0 Å². The Balaban J connectivity index is 0. The SMILES string of the molecule is C/C(=C/C(=O)O)C(=O)O.CC(=O)[O-].CCCn1cc[n+](C)c1. The molecule has 0 aromatic carbocycles. The normalized spacial score (nSPS) is 9.73. The maximum absolute atomic E-state index is 9.90. The third-order valence-corrected chi connectivity index (χ3v) is 1.98. The number of hydrogen-bond donors (Lipinski definition) is 2. The highest BCUT2D eigenvalue weighted by Gasteiger charge is 2.00. The summed E-state index contributed by atoms with van der Waals surface area (Å²) in [6, 6.07) is 0. The Labute approximate surface area is 128 Å². The van der Waals surface area contributed by atoms with Crippen molar-refractivity contribution < 1.29 is 34.3 Å². The van der Waals surface area contributed by atoms with Gasteiger partial charge in [0, 0.05) is 17.6 Å². The van der Waals surface area contributed by atoms with Gasteiger partial charge in [-0.2, -0.15) is 0 Å². The van der Waals surface area contributed by atoms with Crippen LogP contribution in [0.2, 0.25) is 0 Å². The van der Waals surface area contributed by atoms with E-state index in [1.54, 1.807) is 0 Å². The van der Waals surface area contributed by atoms with E-state index >= 15 is 0 Å². The van der Waals surface area contributed by atoms with Crippen LogP contribution in [0.3, 0.4) is 0 Å². The topological polar surface area (TPSA) is 124 Å². The zero-order valence-electron chi connectivity index (χ0n) is 13.1. The lowest BCUT2D eigenvalue weighted by Gasteiger charge is -1.86. The Hall–Kier alpha value is -2.64. The van der Waals surface area contributed by atoms with Gasteiger partial charge >= 0.3 is 11.9 Å². The maximum Gasteiger partial charge on any atom is 0.331 e. The first-order chi connectivity index (χ1) is 10.1. The molecule has 1 aromatic heterocycles. The summed E-state index contributed by atoms with van der Waals surface area (Å²) in [5.41, 5.74) is -0.178. The summed E-state index contributed by atoms with van der Waals surface area (Å²) >= 11 is 0. The van der Waals surface area contributed by atoms with Crippen molar-refractivity contribution in [3.8, 4) is 0 Å². The Morgan fingerprint density at radius 2 is 1.77 bits per heavy atom. The second-order valence-electron chi connectivity index (χ2n) is 4.28. The molecule has 1 rings (SSSR count). The highest BCUT2D eigenvalue weighted by molar-refractivity contribution is 5.93. The lowest BCUT2D eigenvalue weighted by molar-refractivity contribution is -0.671. The van der Waals surface area contributed by atoms with E-state index in [1.165, 1.54) is 13.3 Å². The molecule has 8 nitrogen and oxygen atoms in total. The molecular weight excluding hydrogens is 292 g/mol. The number of carbonyl (C=O) groups is 3. The lowest BCUT2D eigenvalue weighted by atomic mass is 10.3. The molecule has 0 bridgehead atoms. The van der Waals surface area contributed by atoms with Crippen LogP contribution in [-0.4, -0.2) is 32.7 Å². The molecule has 1 aromatic rings. The van der Waals surface area contributed by atoms with Crippen molar-refractivity contribution >= 4 is 17.9 Å². The Bertz CT molecular complexity index is 515. The van der Waals surface area contributed by atoms with Gasteiger partial charge in [-0.1, -0.05) is 6.92 Å². The van der Waals surface area contributed by atoms with Crippen LogP contribution in [0.25, 0.3) is 0 Å². The molecule has 124 valence electrons. The van der Waals surface area contributed by atoms with Gasteiger partial charge in [0.05, 0.1) is 13.6 Å². The standard InChI is InChI=1S/C7H13N2.C5H6O4.C2H4O2/c1-3-4-9-6-5-8(2)7-9;1-3(5(8)9)2-4(6)7;1-2(3)4/h5-7H,3-4H2,1-2H3;2H,1H3,(H,6,7)(H,8,9);1H3,(H,3,4)/q+1;;/p-1/b;3-2-;. The van der Waals surface area contributed by atoms with Gasteiger partial charge in [-0.3, -0.25) is 0 Å². The van der Waals surface area contributed by atoms with Gasteiger partial charge < -0.3 is 20.1 Å². The quantitative estimate of drug-likeness (QED) is 0.574. The van der Waals surface area contributed by atoms with Crippen molar-refractivity contribution in [2.45, 2.75) is 33.7 Å². The number of carbonyl (C=O) groups excluding carboxylic acids is 1. The average molecular weight is 314 g/mol. The fraction of sp³-hybridized carbons (Fsp3) is 0.429. The fourth-order valence-electron chi connectivity index (χ4n) is 1.14. The summed E-state index contributed by atoms with van der Waals surface area (Å²) in [5.74, 6) is -3.53. The van der Waals surface area contributed by atoms with Crippen molar-refractivity contribution in [3.63, 3.8) is 0 Å².